The summed E-state index contributed by atoms with van der Waals surface area (Å²) in [7, 11) is 0. The minimum absolute atomic E-state index is 0.265. The molecule has 0 aromatic carbocycles. The predicted octanol–water partition coefficient (Wildman–Crippen LogP) is 5.94. The molecule has 9 atom stereocenters. The van der Waals surface area contributed by atoms with E-state index in [1.807, 2.05) is 0 Å². The van der Waals surface area contributed by atoms with Crippen molar-refractivity contribution in [3.05, 3.63) is 0 Å². The van der Waals surface area contributed by atoms with Gasteiger partial charge in [-0.05, 0) is 12.8 Å². The molecule has 1 fully saturated rings. The summed E-state index contributed by atoms with van der Waals surface area (Å²) in [6.45, 7) is 3.41. The molecule has 0 bridgehead atoms. The van der Waals surface area contributed by atoms with E-state index in [4.69, 9.17) is 9.47 Å². The number of aliphatic hydroxyl groups excluding tert-OH is 7. The third-order valence-electron chi connectivity index (χ3n) is 10.7. The second-order valence-corrected chi connectivity index (χ2v) is 15.4. The molecule has 1 aliphatic rings. The Balaban J connectivity index is 2.50. The fourth-order valence-electron chi connectivity index (χ4n) is 7.03. The van der Waals surface area contributed by atoms with Crippen molar-refractivity contribution >= 4 is 5.91 Å². The molecule has 310 valence electrons. The molecule has 9 unspecified atom stereocenters. The Morgan fingerprint density at radius 3 is 1.42 bits per heavy atom. The molecule has 0 saturated carbocycles. The summed E-state index contributed by atoms with van der Waals surface area (Å²) >= 11 is 0. The van der Waals surface area contributed by atoms with Crippen LogP contribution in [0.4, 0.5) is 0 Å². The molecule has 11 nitrogen and oxygen atoms in total. The summed E-state index contributed by atoms with van der Waals surface area (Å²) in [4.78, 5) is 13.0. The van der Waals surface area contributed by atoms with E-state index >= 15 is 0 Å². The molecule has 0 aliphatic carbocycles. The summed E-state index contributed by atoms with van der Waals surface area (Å²) < 4.78 is 11.0. The number of hydrogen-bond donors (Lipinski definition) is 8. The number of aliphatic hydroxyl groups is 7. The van der Waals surface area contributed by atoms with Gasteiger partial charge in [0.1, 0.15) is 36.6 Å². The van der Waals surface area contributed by atoms with Gasteiger partial charge in [-0.1, -0.05) is 174 Å². The Kier molecular flexibility index (Phi) is 30.6. The van der Waals surface area contributed by atoms with Crippen LogP contribution < -0.4 is 5.32 Å². The molecular weight excluding hydrogens is 666 g/mol. The second kappa shape index (κ2) is 32.4. The van der Waals surface area contributed by atoms with Crippen molar-refractivity contribution in [2.75, 3.05) is 13.2 Å². The lowest BCUT2D eigenvalue weighted by atomic mass is 9.98. The summed E-state index contributed by atoms with van der Waals surface area (Å²) in [5.74, 6) is -0.696. The first-order valence-corrected chi connectivity index (χ1v) is 21.4. The van der Waals surface area contributed by atoms with Gasteiger partial charge in [-0.2, -0.15) is 0 Å². The van der Waals surface area contributed by atoms with E-state index in [1.165, 1.54) is 109 Å². The molecule has 0 spiro atoms. The lowest BCUT2D eigenvalue weighted by Crippen LogP contribution is -2.60. The van der Waals surface area contributed by atoms with Crippen LogP contribution in [-0.4, -0.2) is 110 Å². The number of ether oxygens (including phenoxy) is 2. The van der Waals surface area contributed by atoms with Crippen molar-refractivity contribution in [2.24, 2.45) is 0 Å². The number of carbonyl (C=O) groups is 1. The number of carbonyl (C=O) groups excluding carboxylic acids is 1. The summed E-state index contributed by atoms with van der Waals surface area (Å²) in [5.41, 5.74) is 0. The van der Waals surface area contributed by atoms with Gasteiger partial charge in [0.25, 0.3) is 0 Å². The zero-order chi connectivity index (χ0) is 38.4. The van der Waals surface area contributed by atoms with Crippen LogP contribution in [-0.2, 0) is 14.3 Å². The second-order valence-electron chi connectivity index (χ2n) is 15.4. The number of unbranched alkanes of at least 4 members (excludes halogenated alkanes) is 23. The van der Waals surface area contributed by atoms with Gasteiger partial charge in [0.15, 0.2) is 6.29 Å². The van der Waals surface area contributed by atoms with Crippen LogP contribution in [0, 0.1) is 0 Å². The van der Waals surface area contributed by atoms with Gasteiger partial charge in [0.2, 0.25) is 5.91 Å². The molecule has 1 rings (SSSR count). The first-order valence-electron chi connectivity index (χ1n) is 21.4. The third-order valence-corrected chi connectivity index (χ3v) is 10.7. The van der Waals surface area contributed by atoms with Crippen LogP contribution in [0.5, 0.6) is 0 Å². The first-order chi connectivity index (χ1) is 25.2. The van der Waals surface area contributed by atoms with Gasteiger partial charge in [0.05, 0.1) is 25.4 Å². The van der Waals surface area contributed by atoms with E-state index in [1.54, 1.807) is 0 Å². The minimum Gasteiger partial charge on any atom is -0.394 e. The van der Waals surface area contributed by atoms with Gasteiger partial charge in [0, 0.05) is 0 Å². The molecule has 0 aromatic rings. The van der Waals surface area contributed by atoms with Crippen LogP contribution in [0.15, 0.2) is 0 Å². The van der Waals surface area contributed by atoms with Gasteiger partial charge < -0.3 is 50.5 Å². The van der Waals surface area contributed by atoms with Crippen molar-refractivity contribution in [2.45, 2.75) is 242 Å². The Bertz CT molecular complexity index is 820. The molecule has 8 N–H and O–H groups in total. The maximum Gasteiger partial charge on any atom is 0.249 e. The van der Waals surface area contributed by atoms with Crippen molar-refractivity contribution in [3.63, 3.8) is 0 Å². The van der Waals surface area contributed by atoms with E-state index in [0.717, 1.165) is 38.5 Å². The van der Waals surface area contributed by atoms with Crippen molar-refractivity contribution in [1.29, 1.82) is 0 Å². The Hall–Kier alpha value is -0.890. The highest BCUT2D eigenvalue weighted by molar-refractivity contribution is 5.80. The fourth-order valence-corrected chi connectivity index (χ4v) is 7.03. The molecule has 1 heterocycles. The van der Waals surface area contributed by atoms with Crippen LogP contribution in [0.25, 0.3) is 0 Å². The lowest BCUT2D eigenvalue weighted by Gasteiger charge is -2.40. The van der Waals surface area contributed by atoms with Crippen LogP contribution in [0.3, 0.4) is 0 Å². The predicted molar refractivity (Wildman–Crippen MR) is 206 cm³/mol. The van der Waals surface area contributed by atoms with E-state index in [-0.39, 0.29) is 6.42 Å². The highest BCUT2D eigenvalue weighted by Crippen LogP contribution is 2.23. The molecule has 52 heavy (non-hydrogen) atoms. The summed E-state index contributed by atoms with van der Waals surface area (Å²) in [6.07, 6.45) is 18.7. The Morgan fingerprint density at radius 2 is 1.00 bits per heavy atom. The average Bonchev–Trinajstić information content (AvgIpc) is 3.14. The van der Waals surface area contributed by atoms with Crippen molar-refractivity contribution < 1.29 is 50.0 Å². The lowest BCUT2D eigenvalue weighted by molar-refractivity contribution is -0.303. The maximum absolute atomic E-state index is 13.0. The SMILES string of the molecule is CCCCCCCCCCCCCCCCC(O)C(=O)NC(COC1OC(CO)C(O)C(O)C1O)C(O)C(O)CCCCCCCCCCCCC. The number of nitrogens with one attached hydrogen (secondary N) is 1. The standard InChI is InChI=1S/C41H81NO10/c1-3-5-7-9-11-13-15-16-17-19-21-23-25-27-29-34(45)40(50)42-32(31-51-41-39(49)38(48)37(47)35(30-43)52-41)36(46)33(44)28-26-24-22-20-18-14-12-10-8-6-4-2/h32-39,41,43-49H,3-31H2,1-2H3,(H,42,50). The van der Waals surface area contributed by atoms with E-state index in [0.29, 0.717) is 19.3 Å². The van der Waals surface area contributed by atoms with Crippen molar-refractivity contribution in [1.82, 2.24) is 5.32 Å². The molecule has 1 amide bonds. The summed E-state index contributed by atoms with van der Waals surface area (Å²) in [5, 5.41) is 75.4. The molecular formula is C41H81NO10. The Morgan fingerprint density at radius 1 is 0.596 bits per heavy atom. The highest BCUT2D eigenvalue weighted by atomic mass is 16.7. The average molecular weight is 748 g/mol. The fraction of sp³-hybridized carbons (Fsp3) is 0.976. The Labute approximate surface area is 316 Å². The third kappa shape index (κ3) is 22.5. The normalized spacial score (nSPS) is 23.0. The number of rotatable bonds is 35. The highest BCUT2D eigenvalue weighted by Gasteiger charge is 2.44. The van der Waals surface area contributed by atoms with E-state index in [2.05, 4.69) is 19.2 Å². The first kappa shape index (κ1) is 49.1. The van der Waals surface area contributed by atoms with E-state index < -0.39 is 74.2 Å². The van der Waals surface area contributed by atoms with Crippen LogP contribution >= 0.6 is 0 Å². The van der Waals surface area contributed by atoms with E-state index in [9.17, 15) is 40.5 Å². The van der Waals surface area contributed by atoms with Gasteiger partial charge in [-0.3, -0.25) is 4.79 Å². The zero-order valence-corrected chi connectivity index (χ0v) is 33.1. The number of amides is 1. The molecule has 11 heteroatoms. The quantitative estimate of drug-likeness (QED) is 0.0360. The van der Waals surface area contributed by atoms with Gasteiger partial charge in [-0.15, -0.1) is 0 Å². The summed E-state index contributed by atoms with van der Waals surface area (Å²) in [6, 6.07) is -1.16. The topological polar surface area (TPSA) is 189 Å². The van der Waals surface area contributed by atoms with Gasteiger partial charge in [-0.25, -0.2) is 0 Å². The maximum atomic E-state index is 13.0. The minimum atomic E-state index is -1.65. The zero-order valence-electron chi connectivity index (χ0n) is 33.1. The van der Waals surface area contributed by atoms with Crippen LogP contribution in [0.2, 0.25) is 0 Å². The van der Waals surface area contributed by atoms with Crippen molar-refractivity contribution in [3.8, 4) is 0 Å². The molecule has 0 radical (unpaired) electrons. The molecule has 0 aromatic heterocycles. The monoisotopic (exact) mass is 748 g/mol. The number of hydrogen-bond acceptors (Lipinski definition) is 10. The van der Waals surface area contributed by atoms with Gasteiger partial charge >= 0.3 is 0 Å². The molecule has 1 aliphatic heterocycles. The smallest absolute Gasteiger partial charge is 0.249 e. The van der Waals surface area contributed by atoms with Crippen LogP contribution in [0.1, 0.15) is 187 Å². The molecule has 1 saturated heterocycles. The largest absolute Gasteiger partial charge is 0.394 e.